The third-order valence-electron chi connectivity index (χ3n) is 3.54. The van der Waals surface area contributed by atoms with Crippen LogP contribution in [0.3, 0.4) is 0 Å². The Morgan fingerprint density at radius 3 is 2.59 bits per heavy atom. The van der Waals surface area contributed by atoms with Gasteiger partial charge in [0.2, 0.25) is 10.0 Å². The molecule has 1 aromatic carbocycles. The average Bonchev–Trinajstić information content (AvgIpc) is 2.75. The van der Waals surface area contributed by atoms with Crippen LogP contribution < -0.4 is 0 Å². The molecule has 124 valence electrons. The van der Waals surface area contributed by atoms with Crippen molar-refractivity contribution in [2.75, 3.05) is 18.1 Å². The molecule has 0 N–H and O–H groups in total. The van der Waals surface area contributed by atoms with Crippen LogP contribution in [0.15, 0.2) is 23.1 Å². The smallest absolute Gasteiger partial charge is 0.229 e. The number of sulfone groups is 1. The van der Waals surface area contributed by atoms with Gasteiger partial charge in [-0.05, 0) is 31.0 Å². The zero-order valence-electron chi connectivity index (χ0n) is 12.0. The molecule has 0 aromatic heterocycles. The van der Waals surface area contributed by atoms with Crippen molar-refractivity contribution < 1.29 is 21.2 Å². The first-order valence-electron chi connectivity index (χ1n) is 6.84. The summed E-state index contributed by atoms with van der Waals surface area (Å²) in [6.45, 7) is 1.99. The molecule has 0 spiro atoms. The number of nitrogens with zero attached hydrogens (tertiary/aromatic N) is 1. The molecular formula is C13H17ClFNO4S2. The normalized spacial score (nSPS) is 21.4. The summed E-state index contributed by atoms with van der Waals surface area (Å²) < 4.78 is 63.1. The van der Waals surface area contributed by atoms with Crippen molar-refractivity contribution in [3.8, 4) is 0 Å². The van der Waals surface area contributed by atoms with Gasteiger partial charge in [-0.2, -0.15) is 4.31 Å². The second kappa shape index (κ2) is 6.43. The number of hydrogen-bond acceptors (Lipinski definition) is 4. The summed E-state index contributed by atoms with van der Waals surface area (Å²) in [7, 11) is -7.19. The number of benzene rings is 1. The first-order valence-corrected chi connectivity index (χ1v) is 10.5. The van der Waals surface area contributed by atoms with E-state index in [-0.39, 0.29) is 34.4 Å². The quantitative estimate of drug-likeness (QED) is 0.796. The molecule has 0 saturated carbocycles. The van der Waals surface area contributed by atoms with Crippen LogP contribution in [-0.2, 0) is 19.9 Å². The Hall–Kier alpha value is -0.700. The molecule has 2 rings (SSSR count). The van der Waals surface area contributed by atoms with Gasteiger partial charge in [-0.3, -0.25) is 0 Å². The first kappa shape index (κ1) is 17.7. The average molecular weight is 370 g/mol. The summed E-state index contributed by atoms with van der Waals surface area (Å²) in [6, 6.07) is 2.47. The molecule has 1 saturated heterocycles. The Morgan fingerprint density at radius 1 is 1.41 bits per heavy atom. The highest BCUT2D eigenvalue weighted by molar-refractivity contribution is 7.92. The van der Waals surface area contributed by atoms with E-state index in [0.717, 1.165) is 18.2 Å². The fraction of sp³-hybridized carbons (Fsp3) is 0.538. The van der Waals surface area contributed by atoms with Gasteiger partial charge in [0.05, 0.1) is 16.5 Å². The van der Waals surface area contributed by atoms with Gasteiger partial charge in [-0.15, -0.1) is 0 Å². The maximum Gasteiger partial charge on any atom is 0.244 e. The van der Waals surface area contributed by atoms with Crippen molar-refractivity contribution in [3.05, 3.63) is 29.0 Å². The fourth-order valence-corrected chi connectivity index (χ4v) is 6.61. The third kappa shape index (κ3) is 3.61. The van der Waals surface area contributed by atoms with Gasteiger partial charge in [0.15, 0.2) is 9.84 Å². The van der Waals surface area contributed by atoms with E-state index in [2.05, 4.69) is 0 Å². The van der Waals surface area contributed by atoms with E-state index in [9.17, 15) is 21.2 Å². The predicted octanol–water partition coefficient (Wildman–Crippen LogP) is 2.07. The van der Waals surface area contributed by atoms with Crippen LogP contribution in [0.1, 0.15) is 19.8 Å². The lowest BCUT2D eigenvalue weighted by Crippen LogP contribution is -2.41. The molecule has 1 aliphatic rings. The molecule has 22 heavy (non-hydrogen) atoms. The third-order valence-corrected chi connectivity index (χ3v) is 7.73. The van der Waals surface area contributed by atoms with Crippen LogP contribution in [0.25, 0.3) is 0 Å². The largest absolute Gasteiger partial charge is 0.244 e. The molecule has 0 amide bonds. The predicted molar refractivity (Wildman–Crippen MR) is 82.7 cm³/mol. The summed E-state index contributed by atoms with van der Waals surface area (Å²) in [6.07, 6.45) is 0.801. The van der Waals surface area contributed by atoms with Crippen molar-refractivity contribution >= 4 is 31.5 Å². The maximum atomic E-state index is 13.1. The Kier molecular flexibility index (Phi) is 5.16. The van der Waals surface area contributed by atoms with Gasteiger partial charge in [0, 0.05) is 12.6 Å². The van der Waals surface area contributed by atoms with E-state index in [1.165, 1.54) is 4.31 Å². The van der Waals surface area contributed by atoms with Crippen LogP contribution >= 0.6 is 11.6 Å². The SMILES string of the molecule is CCCN(C1CCS(=O)(=O)C1)S(=O)(=O)c1ccc(F)cc1Cl. The van der Waals surface area contributed by atoms with Crippen molar-refractivity contribution in [3.63, 3.8) is 0 Å². The van der Waals surface area contributed by atoms with Gasteiger partial charge >= 0.3 is 0 Å². The molecule has 1 unspecified atom stereocenters. The Labute approximate surface area is 135 Å². The molecule has 0 bridgehead atoms. The second-order valence-corrected chi connectivity index (χ2v) is 9.74. The Balaban J connectivity index is 2.42. The highest BCUT2D eigenvalue weighted by Gasteiger charge is 2.39. The van der Waals surface area contributed by atoms with Crippen LogP contribution in [0, 0.1) is 5.82 Å². The molecule has 0 aliphatic carbocycles. The van der Waals surface area contributed by atoms with Crippen LogP contribution in [0.4, 0.5) is 4.39 Å². The zero-order chi connectivity index (χ0) is 16.5. The molecule has 1 atom stereocenters. The molecule has 1 fully saturated rings. The number of sulfonamides is 1. The highest BCUT2D eigenvalue weighted by Crippen LogP contribution is 2.29. The molecule has 5 nitrogen and oxygen atoms in total. The molecule has 9 heteroatoms. The van der Waals surface area contributed by atoms with Crippen LogP contribution in [0.2, 0.25) is 5.02 Å². The summed E-state index contributed by atoms with van der Waals surface area (Å²) in [5.74, 6) is -0.843. The fourth-order valence-electron chi connectivity index (χ4n) is 2.53. The molecule has 1 aliphatic heterocycles. The number of halogens is 2. The van der Waals surface area contributed by atoms with E-state index < -0.39 is 31.7 Å². The number of rotatable bonds is 5. The van der Waals surface area contributed by atoms with Gasteiger partial charge in [-0.25, -0.2) is 21.2 Å². The summed E-state index contributed by atoms with van der Waals surface area (Å²) in [5, 5.41) is -0.207. The zero-order valence-corrected chi connectivity index (χ0v) is 14.4. The lowest BCUT2D eigenvalue weighted by atomic mass is 10.2. The molecule has 0 radical (unpaired) electrons. The standard InChI is InChI=1S/C13H17ClFNO4S2/c1-2-6-16(11-5-7-21(17,18)9-11)22(19,20)13-4-3-10(15)8-12(13)14/h3-4,8,11H,2,5-7,9H2,1H3. The van der Waals surface area contributed by atoms with E-state index in [1.54, 1.807) is 6.92 Å². The topological polar surface area (TPSA) is 71.5 Å². The van der Waals surface area contributed by atoms with E-state index >= 15 is 0 Å². The maximum absolute atomic E-state index is 13.1. The van der Waals surface area contributed by atoms with Gasteiger partial charge < -0.3 is 0 Å². The number of hydrogen-bond donors (Lipinski definition) is 0. The molecule has 1 heterocycles. The van der Waals surface area contributed by atoms with E-state index in [4.69, 9.17) is 11.6 Å². The summed E-state index contributed by atoms with van der Waals surface area (Å²) in [4.78, 5) is -0.201. The lowest BCUT2D eigenvalue weighted by Gasteiger charge is -2.27. The minimum atomic E-state index is -3.97. The lowest BCUT2D eigenvalue weighted by molar-refractivity contribution is 0.340. The van der Waals surface area contributed by atoms with Gasteiger partial charge in [-0.1, -0.05) is 18.5 Å². The minimum Gasteiger partial charge on any atom is -0.229 e. The van der Waals surface area contributed by atoms with Crippen molar-refractivity contribution in [2.24, 2.45) is 0 Å². The van der Waals surface area contributed by atoms with Crippen molar-refractivity contribution in [1.29, 1.82) is 0 Å². The summed E-state index contributed by atoms with van der Waals surface area (Å²) >= 11 is 5.86. The van der Waals surface area contributed by atoms with E-state index in [0.29, 0.717) is 6.42 Å². The monoisotopic (exact) mass is 369 g/mol. The second-order valence-electron chi connectivity index (χ2n) is 5.25. The molecular weight excluding hydrogens is 353 g/mol. The summed E-state index contributed by atoms with van der Waals surface area (Å²) in [5.41, 5.74) is 0. The Morgan fingerprint density at radius 2 is 2.09 bits per heavy atom. The van der Waals surface area contributed by atoms with Crippen LogP contribution in [-0.4, -0.2) is 45.2 Å². The highest BCUT2D eigenvalue weighted by atomic mass is 35.5. The molecule has 1 aromatic rings. The van der Waals surface area contributed by atoms with Gasteiger partial charge in [0.1, 0.15) is 10.7 Å². The first-order chi connectivity index (χ1) is 10.2. The minimum absolute atomic E-state index is 0.0233. The van der Waals surface area contributed by atoms with Crippen molar-refractivity contribution in [1.82, 2.24) is 4.31 Å². The van der Waals surface area contributed by atoms with Gasteiger partial charge in [0.25, 0.3) is 0 Å². The van der Waals surface area contributed by atoms with Crippen LogP contribution in [0.5, 0.6) is 0 Å². The van der Waals surface area contributed by atoms with Crippen molar-refractivity contribution in [2.45, 2.75) is 30.7 Å². The Bertz CT molecular complexity index is 764. The van der Waals surface area contributed by atoms with E-state index in [1.807, 2.05) is 0 Å².